The number of H-pyrrole nitrogens is 2. The fourth-order valence-electron chi connectivity index (χ4n) is 2.95. The maximum Gasteiger partial charge on any atom is 0.146 e. The Labute approximate surface area is 137 Å². The van der Waals surface area contributed by atoms with Gasteiger partial charge in [0.1, 0.15) is 5.75 Å². The minimum absolute atomic E-state index is 0. The highest BCUT2D eigenvalue weighted by Gasteiger charge is 2.12. The minimum Gasteiger partial charge on any atom is -0.494 e. The molecular formula is C17H24ClN3O. The number of methoxy groups -OCH3 is 1. The molecule has 0 aromatic carbocycles. The van der Waals surface area contributed by atoms with Crippen molar-refractivity contribution < 1.29 is 4.74 Å². The molecule has 0 unspecified atom stereocenters. The second-order valence-corrected chi connectivity index (χ2v) is 5.67. The van der Waals surface area contributed by atoms with Crippen molar-refractivity contribution in [1.82, 2.24) is 9.97 Å². The number of nitrogens with zero attached hydrogens (tertiary/aromatic N) is 1. The minimum atomic E-state index is 0. The van der Waals surface area contributed by atoms with E-state index < -0.39 is 0 Å². The number of halogens is 1. The molecule has 2 N–H and O–H groups in total. The Morgan fingerprint density at radius 1 is 1.18 bits per heavy atom. The van der Waals surface area contributed by atoms with Gasteiger partial charge in [0.25, 0.3) is 0 Å². The van der Waals surface area contributed by atoms with Crippen molar-refractivity contribution in [3.63, 3.8) is 0 Å². The van der Waals surface area contributed by atoms with Gasteiger partial charge >= 0.3 is 0 Å². The lowest BCUT2D eigenvalue weighted by Gasteiger charge is -2.07. The van der Waals surface area contributed by atoms with Crippen LogP contribution < -0.4 is 4.74 Å². The normalized spacial score (nSPS) is 16.4. The van der Waals surface area contributed by atoms with Crippen molar-refractivity contribution >= 4 is 18.6 Å². The number of ether oxygens (including phenoxy) is 1. The highest BCUT2D eigenvalue weighted by atomic mass is 35.5. The third kappa shape index (κ3) is 3.95. The molecular weight excluding hydrogens is 298 g/mol. The third-order valence-electron chi connectivity index (χ3n) is 4.16. The predicted octanol–water partition coefficient (Wildman–Crippen LogP) is 4.58. The monoisotopic (exact) mass is 321 g/mol. The zero-order chi connectivity index (χ0) is 14.5. The van der Waals surface area contributed by atoms with Crippen LogP contribution in [0.3, 0.4) is 0 Å². The van der Waals surface area contributed by atoms with Gasteiger partial charge in [-0.05, 0) is 25.0 Å². The van der Waals surface area contributed by atoms with Crippen molar-refractivity contribution in [2.45, 2.75) is 44.6 Å². The van der Waals surface area contributed by atoms with E-state index in [-0.39, 0.29) is 12.4 Å². The Morgan fingerprint density at radius 3 is 2.59 bits per heavy atom. The summed E-state index contributed by atoms with van der Waals surface area (Å²) in [5.41, 5.74) is 3.04. The lowest BCUT2D eigenvalue weighted by Crippen LogP contribution is -2.03. The summed E-state index contributed by atoms with van der Waals surface area (Å²) in [5, 5.41) is 0. The molecule has 0 radical (unpaired) electrons. The van der Waals surface area contributed by atoms with Crippen molar-refractivity contribution in [2.75, 3.05) is 7.11 Å². The van der Waals surface area contributed by atoms with Gasteiger partial charge in [-0.15, -0.1) is 12.4 Å². The summed E-state index contributed by atoms with van der Waals surface area (Å²) in [6, 6.07) is 6.51. The molecule has 3 rings (SSSR count). The number of hydrogen-bond donors (Lipinski definition) is 2. The number of hydrogen-bond acceptors (Lipinski definition) is 2. The molecule has 1 saturated carbocycles. The van der Waals surface area contributed by atoms with Crippen LogP contribution in [0.1, 0.15) is 44.2 Å². The van der Waals surface area contributed by atoms with Gasteiger partial charge in [0.15, 0.2) is 0 Å². The maximum atomic E-state index is 5.45. The molecule has 0 saturated heterocycles. The van der Waals surface area contributed by atoms with E-state index in [1.165, 1.54) is 38.5 Å². The number of aromatic nitrogens is 2. The van der Waals surface area contributed by atoms with Crippen molar-refractivity contribution in [3.05, 3.63) is 30.1 Å². The Balaban J connectivity index is 0.00000176. The van der Waals surface area contributed by atoms with Crippen LogP contribution in [0.4, 0.5) is 0 Å². The fraction of sp³-hybridized carbons (Fsp3) is 0.471. The maximum absolute atomic E-state index is 5.45. The van der Waals surface area contributed by atoms with Gasteiger partial charge in [-0.1, -0.05) is 25.7 Å². The van der Waals surface area contributed by atoms with E-state index >= 15 is 0 Å². The smallest absolute Gasteiger partial charge is 0.146 e. The van der Waals surface area contributed by atoms with E-state index in [0.29, 0.717) is 6.04 Å². The first-order valence-electron chi connectivity index (χ1n) is 7.81. The van der Waals surface area contributed by atoms with Crippen LogP contribution in [0.25, 0.3) is 11.4 Å². The molecule has 2 aromatic heterocycles. The molecule has 2 heterocycles. The van der Waals surface area contributed by atoms with E-state index in [1.54, 1.807) is 7.11 Å². The number of rotatable bonds is 4. The molecule has 0 bridgehead atoms. The molecule has 1 fully saturated rings. The molecule has 0 spiro atoms. The Bertz CT molecular complexity index is 581. The number of aromatic amines is 2. The Hall–Kier alpha value is -1.68. The van der Waals surface area contributed by atoms with Crippen LogP contribution in [-0.4, -0.2) is 29.3 Å². The van der Waals surface area contributed by atoms with E-state index in [9.17, 15) is 0 Å². The molecule has 0 atom stereocenters. The van der Waals surface area contributed by atoms with E-state index in [2.05, 4.69) is 9.97 Å². The Morgan fingerprint density at radius 2 is 1.95 bits per heavy atom. The molecule has 22 heavy (non-hydrogen) atoms. The van der Waals surface area contributed by atoms with Gasteiger partial charge in [-0.25, -0.2) is 0 Å². The van der Waals surface area contributed by atoms with Gasteiger partial charge in [-0.3, -0.25) is 4.99 Å². The van der Waals surface area contributed by atoms with Gasteiger partial charge < -0.3 is 14.7 Å². The molecule has 120 valence electrons. The van der Waals surface area contributed by atoms with Crippen LogP contribution in [-0.2, 0) is 0 Å². The molecule has 4 nitrogen and oxygen atoms in total. The van der Waals surface area contributed by atoms with E-state index in [0.717, 1.165) is 22.8 Å². The predicted molar refractivity (Wildman–Crippen MR) is 93.5 cm³/mol. The first-order chi connectivity index (χ1) is 10.4. The van der Waals surface area contributed by atoms with Gasteiger partial charge in [-0.2, -0.15) is 0 Å². The highest BCUT2D eigenvalue weighted by molar-refractivity contribution is 5.85. The second kappa shape index (κ2) is 8.08. The van der Waals surface area contributed by atoms with Crippen LogP contribution in [0.2, 0.25) is 0 Å². The van der Waals surface area contributed by atoms with E-state index in [4.69, 9.17) is 9.73 Å². The molecule has 5 heteroatoms. The second-order valence-electron chi connectivity index (χ2n) is 5.67. The lowest BCUT2D eigenvalue weighted by atomic mass is 10.1. The van der Waals surface area contributed by atoms with Crippen LogP contribution in [0.15, 0.2) is 29.4 Å². The van der Waals surface area contributed by atoms with Crippen LogP contribution >= 0.6 is 12.4 Å². The summed E-state index contributed by atoms with van der Waals surface area (Å²) in [4.78, 5) is 11.4. The summed E-state index contributed by atoms with van der Waals surface area (Å²) >= 11 is 0. The zero-order valence-corrected chi connectivity index (χ0v) is 13.8. The molecule has 0 aliphatic heterocycles. The zero-order valence-electron chi connectivity index (χ0n) is 13.0. The number of nitrogens with one attached hydrogen (secondary N) is 2. The van der Waals surface area contributed by atoms with Crippen LogP contribution in [0, 0.1) is 0 Å². The van der Waals surface area contributed by atoms with E-state index in [1.807, 2.05) is 30.6 Å². The average Bonchev–Trinajstić information content (AvgIpc) is 3.09. The highest BCUT2D eigenvalue weighted by Crippen LogP contribution is 2.26. The quantitative estimate of drug-likeness (QED) is 0.628. The SMILES string of the molecule is COc1cc(-c2ccc[nH]2)[nH]c1C=NC1CCCCCC1.Cl. The van der Waals surface area contributed by atoms with Crippen molar-refractivity contribution in [3.8, 4) is 17.1 Å². The lowest BCUT2D eigenvalue weighted by molar-refractivity contribution is 0.415. The summed E-state index contributed by atoms with van der Waals surface area (Å²) in [5.74, 6) is 0.844. The van der Waals surface area contributed by atoms with Crippen molar-refractivity contribution in [2.24, 2.45) is 4.99 Å². The molecule has 1 aliphatic rings. The molecule has 0 amide bonds. The Kier molecular flexibility index (Phi) is 6.13. The summed E-state index contributed by atoms with van der Waals surface area (Å²) in [6.45, 7) is 0. The average molecular weight is 322 g/mol. The molecule has 1 aliphatic carbocycles. The third-order valence-corrected chi connectivity index (χ3v) is 4.16. The van der Waals surface area contributed by atoms with Gasteiger partial charge in [0, 0.05) is 18.5 Å². The largest absolute Gasteiger partial charge is 0.494 e. The standard InChI is InChI=1S/C17H23N3O.ClH/c1-21-17-11-15(14-9-6-10-18-14)20-16(17)12-19-13-7-4-2-3-5-8-13;/h6,9-13,18,20H,2-5,7-8H2,1H3;1H. The van der Waals surface area contributed by atoms with Gasteiger partial charge in [0.2, 0.25) is 0 Å². The first-order valence-corrected chi connectivity index (χ1v) is 7.81. The van der Waals surface area contributed by atoms with Crippen LogP contribution in [0.5, 0.6) is 5.75 Å². The summed E-state index contributed by atoms with van der Waals surface area (Å²) in [7, 11) is 1.70. The summed E-state index contributed by atoms with van der Waals surface area (Å²) in [6.07, 6.45) is 11.6. The summed E-state index contributed by atoms with van der Waals surface area (Å²) < 4.78 is 5.45. The first kappa shape index (κ1) is 16.7. The van der Waals surface area contributed by atoms with Gasteiger partial charge in [0.05, 0.1) is 30.2 Å². The van der Waals surface area contributed by atoms with Crippen molar-refractivity contribution in [1.29, 1.82) is 0 Å². The topological polar surface area (TPSA) is 53.2 Å². The number of aliphatic imine (C=N–C) groups is 1. The fourth-order valence-corrected chi connectivity index (χ4v) is 2.95. The molecule has 2 aromatic rings.